The Morgan fingerprint density at radius 2 is 1.80 bits per heavy atom. The number of rotatable bonds is 9. The van der Waals surface area contributed by atoms with Gasteiger partial charge >= 0.3 is 0 Å². The predicted molar refractivity (Wildman–Crippen MR) is 118 cm³/mol. The number of halogens is 1. The second-order valence-corrected chi connectivity index (χ2v) is 8.48. The van der Waals surface area contributed by atoms with Crippen LogP contribution in [0.5, 0.6) is 11.5 Å². The van der Waals surface area contributed by atoms with Crippen molar-refractivity contribution in [3.63, 3.8) is 0 Å². The molecule has 1 aliphatic rings. The Hall–Kier alpha value is -2.11. The highest BCUT2D eigenvalue weighted by Gasteiger charge is 2.43. The molecular formula is C25H34FNO3. The minimum absolute atomic E-state index is 0.0126. The van der Waals surface area contributed by atoms with Crippen LogP contribution in [0.15, 0.2) is 42.5 Å². The third-order valence-electron chi connectivity index (χ3n) is 6.51. The zero-order valence-electron chi connectivity index (χ0n) is 18.6. The topological polar surface area (TPSA) is 39.7 Å². The Labute approximate surface area is 179 Å². The van der Waals surface area contributed by atoms with Crippen molar-refractivity contribution in [3.8, 4) is 11.5 Å². The van der Waals surface area contributed by atoms with Crippen LogP contribution in [0.1, 0.15) is 50.7 Å². The standard InChI is InChI=1S/C25H34FNO3/c1-5-24(2)18-25(13-15-30-24,20-7-9-21(26)10-8-20)12-14-27-17-19-6-11-22(28-3)23(16-19)29-4/h6-11,16,27H,5,12-15,17-18H2,1-4H3/t24-,25+/m0/s1. The minimum Gasteiger partial charge on any atom is -0.493 e. The fourth-order valence-corrected chi connectivity index (χ4v) is 4.53. The highest BCUT2D eigenvalue weighted by molar-refractivity contribution is 5.42. The van der Waals surface area contributed by atoms with Gasteiger partial charge in [-0.1, -0.05) is 25.1 Å². The van der Waals surface area contributed by atoms with Crippen LogP contribution in [-0.4, -0.2) is 33.0 Å². The van der Waals surface area contributed by atoms with Gasteiger partial charge in [-0.3, -0.25) is 0 Å². The van der Waals surface area contributed by atoms with Crippen LogP contribution in [0, 0.1) is 5.82 Å². The number of ether oxygens (including phenoxy) is 3. The Morgan fingerprint density at radius 3 is 2.47 bits per heavy atom. The summed E-state index contributed by atoms with van der Waals surface area (Å²) in [7, 11) is 3.29. The maximum absolute atomic E-state index is 13.6. The van der Waals surface area contributed by atoms with E-state index in [1.807, 2.05) is 30.3 Å². The predicted octanol–water partition coefficient (Wildman–Crippen LogP) is 5.24. The van der Waals surface area contributed by atoms with Gasteiger partial charge in [0.05, 0.1) is 19.8 Å². The van der Waals surface area contributed by atoms with E-state index in [0.29, 0.717) is 0 Å². The van der Waals surface area contributed by atoms with Gasteiger partial charge in [0.25, 0.3) is 0 Å². The number of benzene rings is 2. The van der Waals surface area contributed by atoms with Crippen molar-refractivity contribution >= 4 is 0 Å². The van der Waals surface area contributed by atoms with Crippen molar-refractivity contribution in [2.45, 2.75) is 57.1 Å². The molecule has 30 heavy (non-hydrogen) atoms. The van der Waals surface area contributed by atoms with Gasteiger partial charge in [-0.2, -0.15) is 0 Å². The molecule has 0 saturated carbocycles. The lowest BCUT2D eigenvalue weighted by Gasteiger charge is -2.47. The Kier molecular flexibility index (Phi) is 7.37. The maximum Gasteiger partial charge on any atom is 0.161 e. The SMILES string of the molecule is CC[C@@]1(C)C[C@](CCNCc2ccc(OC)c(OC)c2)(c2ccc(F)cc2)CCO1. The van der Waals surface area contributed by atoms with Crippen LogP contribution in [0.2, 0.25) is 0 Å². The molecule has 1 N–H and O–H groups in total. The van der Waals surface area contributed by atoms with Crippen LogP contribution < -0.4 is 14.8 Å². The molecule has 2 aromatic carbocycles. The summed E-state index contributed by atoms with van der Waals surface area (Å²) in [6, 6.07) is 13.0. The van der Waals surface area contributed by atoms with Crippen molar-refractivity contribution in [2.24, 2.45) is 0 Å². The normalized spacial score (nSPS) is 23.9. The van der Waals surface area contributed by atoms with Crippen LogP contribution in [0.25, 0.3) is 0 Å². The Morgan fingerprint density at radius 1 is 1.07 bits per heavy atom. The van der Waals surface area contributed by atoms with Gasteiger partial charge in [0, 0.05) is 18.6 Å². The maximum atomic E-state index is 13.6. The van der Waals surface area contributed by atoms with Gasteiger partial charge < -0.3 is 19.5 Å². The van der Waals surface area contributed by atoms with Crippen molar-refractivity contribution in [1.82, 2.24) is 5.32 Å². The van der Waals surface area contributed by atoms with Crippen LogP contribution in [0.3, 0.4) is 0 Å². The van der Waals surface area contributed by atoms with Crippen LogP contribution in [0.4, 0.5) is 4.39 Å². The number of hydrogen-bond acceptors (Lipinski definition) is 4. The van der Waals surface area contributed by atoms with E-state index in [4.69, 9.17) is 14.2 Å². The largest absolute Gasteiger partial charge is 0.493 e. The van der Waals surface area contributed by atoms with E-state index in [1.165, 1.54) is 5.56 Å². The summed E-state index contributed by atoms with van der Waals surface area (Å²) in [6.45, 7) is 6.72. The first-order valence-corrected chi connectivity index (χ1v) is 10.8. The molecule has 5 heteroatoms. The molecule has 1 saturated heterocycles. The van der Waals surface area contributed by atoms with Crippen molar-refractivity contribution in [1.29, 1.82) is 0 Å². The van der Waals surface area contributed by atoms with E-state index >= 15 is 0 Å². The number of hydrogen-bond donors (Lipinski definition) is 1. The first kappa shape index (κ1) is 22.6. The van der Waals surface area contributed by atoms with E-state index in [0.717, 1.165) is 62.4 Å². The quantitative estimate of drug-likeness (QED) is 0.569. The molecule has 0 bridgehead atoms. The molecule has 2 aromatic rings. The van der Waals surface area contributed by atoms with Gasteiger partial charge in [-0.05, 0) is 74.5 Å². The smallest absolute Gasteiger partial charge is 0.161 e. The third kappa shape index (κ3) is 5.13. The first-order chi connectivity index (χ1) is 14.4. The number of methoxy groups -OCH3 is 2. The molecule has 0 unspecified atom stereocenters. The molecular weight excluding hydrogens is 381 g/mol. The molecule has 0 aliphatic carbocycles. The molecule has 2 atom stereocenters. The molecule has 0 radical (unpaired) electrons. The van der Waals surface area contributed by atoms with E-state index < -0.39 is 0 Å². The van der Waals surface area contributed by atoms with Gasteiger partial charge in [0.1, 0.15) is 5.82 Å². The Balaban J connectivity index is 1.69. The lowest BCUT2D eigenvalue weighted by molar-refractivity contribution is -0.0979. The fourth-order valence-electron chi connectivity index (χ4n) is 4.53. The molecule has 1 heterocycles. The Bertz CT molecular complexity index is 826. The molecule has 3 rings (SSSR count). The molecule has 0 spiro atoms. The summed E-state index contributed by atoms with van der Waals surface area (Å²) in [6.07, 6.45) is 3.84. The summed E-state index contributed by atoms with van der Waals surface area (Å²) in [4.78, 5) is 0. The van der Waals surface area contributed by atoms with E-state index in [1.54, 1.807) is 26.4 Å². The molecule has 1 fully saturated rings. The highest BCUT2D eigenvalue weighted by Crippen LogP contribution is 2.45. The molecule has 0 amide bonds. The summed E-state index contributed by atoms with van der Waals surface area (Å²) in [5.41, 5.74) is 2.20. The first-order valence-electron chi connectivity index (χ1n) is 10.8. The summed E-state index contributed by atoms with van der Waals surface area (Å²) in [5.74, 6) is 1.28. The fraction of sp³-hybridized carbons (Fsp3) is 0.520. The molecule has 0 aromatic heterocycles. The second kappa shape index (κ2) is 9.80. The lowest BCUT2D eigenvalue weighted by Crippen LogP contribution is -2.46. The van der Waals surface area contributed by atoms with E-state index in [-0.39, 0.29) is 16.8 Å². The molecule has 1 aliphatic heterocycles. The summed E-state index contributed by atoms with van der Waals surface area (Å²) in [5, 5.41) is 3.58. The monoisotopic (exact) mass is 415 g/mol. The zero-order chi connectivity index (χ0) is 21.6. The lowest BCUT2D eigenvalue weighted by atomic mass is 9.66. The minimum atomic E-state index is -0.189. The van der Waals surface area contributed by atoms with E-state index in [2.05, 4.69) is 19.2 Å². The highest BCUT2D eigenvalue weighted by atomic mass is 19.1. The van der Waals surface area contributed by atoms with Gasteiger partial charge in [0.2, 0.25) is 0 Å². The molecule has 164 valence electrons. The van der Waals surface area contributed by atoms with Crippen molar-refractivity contribution in [2.75, 3.05) is 27.4 Å². The van der Waals surface area contributed by atoms with Crippen molar-refractivity contribution in [3.05, 3.63) is 59.4 Å². The van der Waals surface area contributed by atoms with Crippen molar-refractivity contribution < 1.29 is 18.6 Å². The van der Waals surface area contributed by atoms with Gasteiger partial charge in [-0.15, -0.1) is 0 Å². The zero-order valence-corrected chi connectivity index (χ0v) is 18.6. The van der Waals surface area contributed by atoms with Crippen LogP contribution in [-0.2, 0) is 16.7 Å². The second-order valence-electron chi connectivity index (χ2n) is 8.48. The van der Waals surface area contributed by atoms with Gasteiger partial charge in [-0.25, -0.2) is 4.39 Å². The third-order valence-corrected chi connectivity index (χ3v) is 6.51. The van der Waals surface area contributed by atoms with Gasteiger partial charge in [0.15, 0.2) is 11.5 Å². The number of nitrogens with one attached hydrogen (secondary N) is 1. The molecule has 4 nitrogen and oxygen atoms in total. The summed E-state index contributed by atoms with van der Waals surface area (Å²) < 4.78 is 30.4. The van der Waals surface area contributed by atoms with Crippen LogP contribution >= 0.6 is 0 Å². The average molecular weight is 416 g/mol. The average Bonchev–Trinajstić information content (AvgIpc) is 2.77. The van der Waals surface area contributed by atoms with E-state index in [9.17, 15) is 4.39 Å². The summed E-state index contributed by atoms with van der Waals surface area (Å²) >= 11 is 0.